The Morgan fingerprint density at radius 2 is 1.59 bits per heavy atom. The van der Waals surface area contributed by atoms with Crippen LogP contribution in [0, 0.1) is 3.57 Å². The minimum absolute atomic E-state index is 0.116. The van der Waals surface area contributed by atoms with Gasteiger partial charge in [-0.15, -0.1) is 0 Å². The summed E-state index contributed by atoms with van der Waals surface area (Å²) in [4.78, 5) is 26.2. The lowest BCUT2D eigenvalue weighted by Gasteiger charge is -2.14. The SMILES string of the molecule is COc1cc2c(=O)c(I)c3n(c2cc1OC)C(=O)c1cc2c(cc1-3)OCO2. The molecular weight excluding hydrogens is 465 g/mol. The first-order chi connectivity index (χ1) is 13.0. The third-order valence-electron chi connectivity index (χ3n) is 4.82. The number of carbonyl (C=O) groups is 1. The zero-order valence-corrected chi connectivity index (χ0v) is 16.4. The second-order valence-electron chi connectivity index (χ2n) is 6.11. The lowest BCUT2D eigenvalue weighted by atomic mass is 10.1. The Kier molecular flexibility index (Phi) is 3.42. The number of halogens is 1. The van der Waals surface area contributed by atoms with E-state index in [1.165, 1.54) is 14.2 Å². The van der Waals surface area contributed by atoms with E-state index < -0.39 is 0 Å². The van der Waals surface area contributed by atoms with Crippen LogP contribution in [0.1, 0.15) is 10.4 Å². The van der Waals surface area contributed by atoms with E-state index in [1.807, 2.05) is 22.6 Å². The molecule has 0 aliphatic carbocycles. The van der Waals surface area contributed by atoms with Gasteiger partial charge in [0.15, 0.2) is 23.0 Å². The maximum atomic E-state index is 13.2. The molecule has 2 aliphatic heterocycles. The number of rotatable bonds is 2. The highest BCUT2D eigenvalue weighted by Crippen LogP contribution is 2.44. The van der Waals surface area contributed by atoms with E-state index in [4.69, 9.17) is 18.9 Å². The summed E-state index contributed by atoms with van der Waals surface area (Å²) in [6.45, 7) is 0.116. The van der Waals surface area contributed by atoms with Crippen molar-refractivity contribution in [2.45, 2.75) is 0 Å². The fourth-order valence-electron chi connectivity index (χ4n) is 3.56. The number of hydrogen-bond acceptors (Lipinski definition) is 6. The zero-order chi connectivity index (χ0) is 18.9. The number of pyridine rings is 1. The summed E-state index contributed by atoms with van der Waals surface area (Å²) in [6, 6.07) is 6.68. The van der Waals surface area contributed by atoms with E-state index >= 15 is 0 Å². The first-order valence-corrected chi connectivity index (χ1v) is 9.12. The zero-order valence-electron chi connectivity index (χ0n) is 14.3. The van der Waals surface area contributed by atoms with Gasteiger partial charge in [0.1, 0.15) is 0 Å². The lowest BCUT2D eigenvalue weighted by Crippen LogP contribution is -2.17. The molecule has 27 heavy (non-hydrogen) atoms. The van der Waals surface area contributed by atoms with Crippen LogP contribution >= 0.6 is 22.6 Å². The Balaban J connectivity index is 1.92. The van der Waals surface area contributed by atoms with Gasteiger partial charge in [0.2, 0.25) is 12.2 Å². The van der Waals surface area contributed by atoms with Gasteiger partial charge in [-0.3, -0.25) is 14.2 Å². The Morgan fingerprint density at radius 3 is 2.26 bits per heavy atom. The molecular formula is C19H12INO6. The van der Waals surface area contributed by atoms with E-state index in [2.05, 4.69) is 0 Å². The van der Waals surface area contributed by atoms with Crippen molar-refractivity contribution in [3.8, 4) is 34.3 Å². The summed E-state index contributed by atoms with van der Waals surface area (Å²) in [5.41, 5.74) is 1.98. The van der Waals surface area contributed by atoms with E-state index in [0.29, 0.717) is 54.3 Å². The average Bonchev–Trinajstić information content (AvgIpc) is 3.25. The number of methoxy groups -OCH3 is 2. The van der Waals surface area contributed by atoms with Gasteiger partial charge in [-0.25, -0.2) is 0 Å². The normalized spacial score (nSPS) is 13.7. The molecule has 0 spiro atoms. The molecule has 0 atom stereocenters. The molecule has 0 radical (unpaired) electrons. The number of nitrogens with zero attached hydrogens (tertiary/aromatic N) is 1. The van der Waals surface area contributed by atoms with Crippen molar-refractivity contribution >= 4 is 39.4 Å². The van der Waals surface area contributed by atoms with Gasteiger partial charge >= 0.3 is 0 Å². The monoisotopic (exact) mass is 477 g/mol. The van der Waals surface area contributed by atoms with Crippen molar-refractivity contribution in [3.63, 3.8) is 0 Å². The fraction of sp³-hybridized carbons (Fsp3) is 0.158. The largest absolute Gasteiger partial charge is 0.493 e. The first-order valence-electron chi connectivity index (χ1n) is 8.04. The molecule has 0 N–H and O–H groups in total. The Bertz CT molecular complexity index is 1230. The van der Waals surface area contributed by atoms with E-state index in [9.17, 15) is 9.59 Å². The molecule has 0 fully saturated rings. The van der Waals surface area contributed by atoms with Crippen LogP contribution in [0.15, 0.2) is 29.1 Å². The summed E-state index contributed by atoms with van der Waals surface area (Å²) in [6.07, 6.45) is 0. The molecule has 7 nitrogen and oxygen atoms in total. The van der Waals surface area contributed by atoms with Gasteiger partial charge in [0, 0.05) is 11.6 Å². The summed E-state index contributed by atoms with van der Waals surface area (Å²) in [7, 11) is 3.01. The second kappa shape index (κ2) is 5.62. The molecule has 0 bridgehead atoms. The number of fused-ring (bicyclic) bond motifs is 6. The molecule has 0 saturated carbocycles. The van der Waals surface area contributed by atoms with E-state index in [1.54, 1.807) is 28.8 Å². The smallest absolute Gasteiger partial charge is 0.263 e. The molecule has 1 aromatic heterocycles. The van der Waals surface area contributed by atoms with E-state index in [-0.39, 0.29) is 18.1 Å². The molecule has 0 unspecified atom stereocenters. The molecule has 3 aromatic rings. The van der Waals surface area contributed by atoms with Crippen LogP contribution in [0.5, 0.6) is 23.0 Å². The predicted molar refractivity (Wildman–Crippen MR) is 105 cm³/mol. The van der Waals surface area contributed by atoms with Gasteiger partial charge in [-0.05, 0) is 40.8 Å². The second-order valence-corrected chi connectivity index (χ2v) is 7.19. The van der Waals surface area contributed by atoms with Crippen molar-refractivity contribution in [2.75, 3.05) is 21.0 Å². The molecule has 3 heterocycles. The molecule has 0 amide bonds. The molecule has 5 rings (SSSR count). The first kappa shape index (κ1) is 16.4. The fourth-order valence-corrected chi connectivity index (χ4v) is 4.39. The van der Waals surface area contributed by atoms with Crippen LogP contribution in [0.3, 0.4) is 0 Å². The van der Waals surface area contributed by atoms with Crippen LogP contribution in [-0.2, 0) is 0 Å². The third-order valence-corrected chi connectivity index (χ3v) is 5.82. The summed E-state index contributed by atoms with van der Waals surface area (Å²) in [5.74, 6) is 1.73. The maximum Gasteiger partial charge on any atom is 0.263 e. The van der Waals surface area contributed by atoms with Crippen molar-refractivity contribution in [1.82, 2.24) is 4.57 Å². The molecule has 8 heteroatoms. The lowest BCUT2D eigenvalue weighted by molar-refractivity contribution is 0.0972. The van der Waals surface area contributed by atoms with Gasteiger partial charge in [0.05, 0.1) is 40.0 Å². The summed E-state index contributed by atoms with van der Waals surface area (Å²) < 4.78 is 23.5. The van der Waals surface area contributed by atoms with Gasteiger partial charge < -0.3 is 18.9 Å². The van der Waals surface area contributed by atoms with Crippen molar-refractivity contribution in [2.24, 2.45) is 0 Å². The van der Waals surface area contributed by atoms with Gasteiger partial charge in [-0.2, -0.15) is 0 Å². The summed E-state index contributed by atoms with van der Waals surface area (Å²) in [5, 5.41) is 0.391. The average molecular weight is 477 g/mol. The number of ether oxygens (including phenoxy) is 4. The number of hydrogen-bond donors (Lipinski definition) is 0. The highest BCUT2D eigenvalue weighted by Gasteiger charge is 2.34. The van der Waals surface area contributed by atoms with Gasteiger partial charge in [0.25, 0.3) is 5.91 Å². The third kappa shape index (κ3) is 2.07. The standard InChI is InChI=1S/C19H12INO6/c1-24-12-5-10-11(6-13(12)25-2)21-17(16(20)18(10)22)8-3-14-15(27-7-26-14)4-9(8)19(21)23/h3-6H,7H2,1-2H3. The van der Waals surface area contributed by atoms with E-state index in [0.717, 1.165) is 0 Å². The van der Waals surface area contributed by atoms with Crippen molar-refractivity contribution in [1.29, 1.82) is 0 Å². The Labute approximate surface area is 166 Å². The summed E-state index contributed by atoms with van der Waals surface area (Å²) >= 11 is 1.99. The topological polar surface area (TPSA) is 76.0 Å². The maximum absolute atomic E-state index is 13.2. The van der Waals surface area contributed by atoms with Crippen molar-refractivity contribution in [3.05, 3.63) is 43.6 Å². The van der Waals surface area contributed by atoms with Crippen LogP contribution in [0.2, 0.25) is 0 Å². The molecule has 136 valence electrons. The minimum atomic E-state index is -0.228. The van der Waals surface area contributed by atoms with Crippen LogP contribution in [0.25, 0.3) is 22.2 Å². The molecule has 2 aliphatic rings. The molecule has 2 aromatic carbocycles. The Morgan fingerprint density at radius 1 is 0.963 bits per heavy atom. The minimum Gasteiger partial charge on any atom is -0.493 e. The van der Waals surface area contributed by atoms with Gasteiger partial charge in [-0.1, -0.05) is 0 Å². The quantitative estimate of drug-likeness (QED) is 0.414. The number of aromatic nitrogens is 1. The predicted octanol–water partition coefficient (Wildman–Crippen LogP) is 3.02. The van der Waals surface area contributed by atoms with Crippen molar-refractivity contribution < 1.29 is 23.7 Å². The number of carbonyl (C=O) groups excluding carboxylic acids is 1. The highest BCUT2D eigenvalue weighted by molar-refractivity contribution is 14.1. The highest BCUT2D eigenvalue weighted by atomic mass is 127. The number of benzene rings is 2. The van der Waals surface area contributed by atoms with Crippen LogP contribution in [-0.4, -0.2) is 31.5 Å². The van der Waals surface area contributed by atoms with Crippen LogP contribution in [0.4, 0.5) is 0 Å². The Hall–Kier alpha value is -2.75. The van der Waals surface area contributed by atoms with Crippen LogP contribution < -0.4 is 24.4 Å². The molecule has 0 saturated heterocycles.